The number of carbonyl (C=O) groups is 2. The molecule has 0 unspecified atom stereocenters. The van der Waals surface area contributed by atoms with Crippen molar-refractivity contribution in [1.29, 1.82) is 0 Å². The van der Waals surface area contributed by atoms with Crippen LogP contribution in [0.15, 0.2) is 53.4 Å². The smallest absolute Gasteiger partial charge is 0.269 e. The van der Waals surface area contributed by atoms with Crippen molar-refractivity contribution in [2.24, 2.45) is 0 Å². The summed E-state index contributed by atoms with van der Waals surface area (Å²) in [4.78, 5) is 36.9. The minimum atomic E-state index is -0.486. The maximum Gasteiger partial charge on any atom is 0.269 e. The van der Waals surface area contributed by atoms with Crippen LogP contribution in [0, 0.1) is 10.1 Å². The van der Waals surface area contributed by atoms with Crippen molar-refractivity contribution in [3.05, 3.63) is 69.1 Å². The maximum absolute atomic E-state index is 12.6. The van der Waals surface area contributed by atoms with E-state index in [9.17, 15) is 19.7 Å². The Hall–Kier alpha value is -3.24. The molecule has 3 rings (SSSR count). The number of amides is 2. The molecule has 30 heavy (non-hydrogen) atoms. The summed E-state index contributed by atoms with van der Waals surface area (Å²) in [5, 5.41) is 13.5. The van der Waals surface area contributed by atoms with Crippen molar-refractivity contribution < 1.29 is 19.2 Å². The zero-order chi connectivity index (χ0) is 21.7. The molecular weight excluding hydrogens is 426 g/mol. The summed E-state index contributed by atoms with van der Waals surface area (Å²) >= 11 is 6.40. The maximum atomic E-state index is 12.6. The molecule has 1 saturated heterocycles. The molecule has 1 heterocycles. The third-order valence-corrected chi connectivity index (χ3v) is 5.59. The molecule has 2 amide bonds. The minimum Gasteiger partial charge on any atom is -0.497 e. The van der Waals surface area contributed by atoms with E-state index in [0.717, 1.165) is 11.8 Å². The van der Waals surface area contributed by atoms with Gasteiger partial charge in [-0.05, 0) is 48.0 Å². The van der Waals surface area contributed by atoms with Crippen LogP contribution in [0.4, 0.5) is 11.4 Å². The molecule has 2 aromatic rings. The van der Waals surface area contributed by atoms with Crippen LogP contribution in [0.3, 0.4) is 0 Å². The minimum absolute atomic E-state index is 0.0254. The Morgan fingerprint density at radius 3 is 2.50 bits per heavy atom. The van der Waals surface area contributed by atoms with Gasteiger partial charge in [0.1, 0.15) is 10.1 Å². The zero-order valence-corrected chi connectivity index (χ0v) is 17.5. The molecular formula is C20H17N3O5S2. The van der Waals surface area contributed by atoms with Gasteiger partial charge in [0.2, 0.25) is 5.91 Å². The third-order valence-electron chi connectivity index (χ3n) is 4.21. The number of benzene rings is 2. The number of nitro benzene ring substituents is 1. The zero-order valence-electron chi connectivity index (χ0n) is 15.9. The molecule has 1 aliphatic rings. The van der Waals surface area contributed by atoms with E-state index < -0.39 is 4.92 Å². The van der Waals surface area contributed by atoms with Crippen molar-refractivity contribution in [2.45, 2.75) is 6.42 Å². The van der Waals surface area contributed by atoms with Gasteiger partial charge in [-0.1, -0.05) is 24.0 Å². The fourth-order valence-electron chi connectivity index (χ4n) is 2.65. The number of carbonyl (C=O) groups excluding carboxylic acids is 2. The third kappa shape index (κ3) is 5.22. The molecule has 2 aromatic carbocycles. The van der Waals surface area contributed by atoms with Crippen molar-refractivity contribution in [1.82, 2.24) is 4.90 Å². The van der Waals surface area contributed by atoms with Crippen LogP contribution >= 0.6 is 24.0 Å². The van der Waals surface area contributed by atoms with Crippen LogP contribution in [-0.4, -0.2) is 39.6 Å². The first-order valence-corrected chi connectivity index (χ1v) is 10.0. The van der Waals surface area contributed by atoms with Gasteiger partial charge >= 0.3 is 0 Å². The standard InChI is InChI=1S/C20H17N3O5S2/c1-28-16-8-4-14(5-9-16)21-18(24)10-11-22-19(25)17(30-20(22)29)12-13-2-6-15(7-3-13)23(26)27/h2-9,12H,10-11H2,1H3,(H,21,24)/b17-12-. The van der Waals surface area contributed by atoms with E-state index >= 15 is 0 Å². The highest BCUT2D eigenvalue weighted by molar-refractivity contribution is 8.26. The molecule has 1 N–H and O–H groups in total. The summed E-state index contributed by atoms with van der Waals surface area (Å²) in [5.41, 5.74) is 1.25. The average molecular weight is 444 g/mol. The monoisotopic (exact) mass is 443 g/mol. The summed E-state index contributed by atoms with van der Waals surface area (Å²) in [5.74, 6) is 0.152. The number of nitrogens with one attached hydrogen (secondary N) is 1. The molecule has 0 spiro atoms. The first-order valence-electron chi connectivity index (χ1n) is 8.81. The lowest BCUT2D eigenvalue weighted by Gasteiger charge is -2.14. The summed E-state index contributed by atoms with van der Waals surface area (Å²) in [6.07, 6.45) is 1.71. The fourth-order valence-corrected chi connectivity index (χ4v) is 3.96. The van der Waals surface area contributed by atoms with Gasteiger partial charge in [-0.2, -0.15) is 0 Å². The second-order valence-electron chi connectivity index (χ2n) is 6.21. The number of methoxy groups -OCH3 is 1. The molecule has 0 saturated carbocycles. The largest absolute Gasteiger partial charge is 0.497 e. The Kier molecular flexibility index (Phi) is 6.80. The highest BCUT2D eigenvalue weighted by atomic mass is 32.2. The van der Waals surface area contributed by atoms with E-state index in [1.54, 1.807) is 49.6 Å². The van der Waals surface area contributed by atoms with Crippen LogP contribution < -0.4 is 10.1 Å². The molecule has 0 bridgehead atoms. The average Bonchev–Trinajstić information content (AvgIpc) is 3.00. The van der Waals surface area contributed by atoms with Crippen molar-refractivity contribution >= 4 is 57.6 Å². The van der Waals surface area contributed by atoms with Crippen LogP contribution in [0.1, 0.15) is 12.0 Å². The van der Waals surface area contributed by atoms with Crippen LogP contribution in [0.25, 0.3) is 6.08 Å². The number of hydrogen-bond acceptors (Lipinski definition) is 7. The number of nitrogens with zero attached hydrogens (tertiary/aromatic N) is 2. The van der Waals surface area contributed by atoms with Gasteiger partial charge < -0.3 is 10.1 Å². The Bertz CT molecular complexity index is 1020. The summed E-state index contributed by atoms with van der Waals surface area (Å²) in [6, 6.07) is 12.8. The van der Waals surface area contributed by atoms with E-state index in [1.807, 2.05) is 0 Å². The lowest BCUT2D eigenvalue weighted by molar-refractivity contribution is -0.384. The van der Waals surface area contributed by atoms with E-state index in [4.69, 9.17) is 17.0 Å². The van der Waals surface area contributed by atoms with Crippen molar-refractivity contribution in [3.63, 3.8) is 0 Å². The SMILES string of the molecule is COc1ccc(NC(=O)CCN2C(=O)/C(=C/c3ccc([N+](=O)[O-])cc3)SC2=S)cc1. The fraction of sp³-hybridized carbons (Fsp3) is 0.150. The summed E-state index contributed by atoms with van der Waals surface area (Å²) in [7, 11) is 1.56. The number of rotatable bonds is 7. The number of thioether (sulfide) groups is 1. The second kappa shape index (κ2) is 9.51. The predicted molar refractivity (Wildman–Crippen MR) is 119 cm³/mol. The Morgan fingerprint density at radius 2 is 1.90 bits per heavy atom. The first kappa shape index (κ1) is 21.5. The molecule has 1 fully saturated rings. The number of non-ortho nitro benzene ring substituents is 1. The summed E-state index contributed by atoms with van der Waals surface area (Å²) < 4.78 is 5.44. The van der Waals surface area contributed by atoms with Gasteiger partial charge in [-0.3, -0.25) is 24.6 Å². The quantitative estimate of drug-likeness (QED) is 0.300. The highest BCUT2D eigenvalue weighted by Crippen LogP contribution is 2.32. The van der Waals surface area contributed by atoms with Gasteiger partial charge in [-0.25, -0.2) is 0 Å². The van der Waals surface area contributed by atoms with Crippen LogP contribution in [-0.2, 0) is 9.59 Å². The Balaban J connectivity index is 1.58. The number of thiocarbonyl (C=S) groups is 1. The van der Waals surface area contributed by atoms with Crippen molar-refractivity contribution in [2.75, 3.05) is 19.0 Å². The first-order chi connectivity index (χ1) is 14.4. The van der Waals surface area contributed by atoms with E-state index in [-0.39, 0.29) is 30.5 Å². The predicted octanol–water partition coefficient (Wildman–Crippen LogP) is 3.83. The number of ether oxygens (including phenoxy) is 1. The number of hydrogen-bond donors (Lipinski definition) is 1. The van der Waals surface area contributed by atoms with E-state index in [0.29, 0.717) is 26.2 Å². The molecule has 8 nitrogen and oxygen atoms in total. The molecule has 0 radical (unpaired) electrons. The van der Waals surface area contributed by atoms with Gasteiger partial charge in [0.05, 0.1) is 16.9 Å². The lowest BCUT2D eigenvalue weighted by atomic mass is 10.2. The van der Waals surface area contributed by atoms with Gasteiger partial charge in [0.15, 0.2) is 0 Å². The van der Waals surface area contributed by atoms with Gasteiger partial charge in [0, 0.05) is 30.8 Å². The molecule has 0 atom stereocenters. The second-order valence-corrected chi connectivity index (χ2v) is 7.88. The number of nitro groups is 1. The van der Waals surface area contributed by atoms with Gasteiger partial charge in [0.25, 0.3) is 11.6 Å². The van der Waals surface area contributed by atoms with E-state index in [2.05, 4.69) is 5.32 Å². The molecule has 1 aliphatic heterocycles. The van der Waals surface area contributed by atoms with E-state index in [1.165, 1.54) is 17.0 Å². The van der Waals surface area contributed by atoms with Gasteiger partial charge in [-0.15, -0.1) is 0 Å². The normalized spacial score (nSPS) is 14.8. The van der Waals surface area contributed by atoms with Crippen LogP contribution in [0.2, 0.25) is 0 Å². The highest BCUT2D eigenvalue weighted by Gasteiger charge is 2.32. The Labute approximate surface area is 182 Å². The lowest BCUT2D eigenvalue weighted by Crippen LogP contribution is -2.31. The van der Waals surface area contributed by atoms with Crippen molar-refractivity contribution in [3.8, 4) is 5.75 Å². The number of anilines is 1. The van der Waals surface area contributed by atoms with Crippen LogP contribution in [0.5, 0.6) is 5.75 Å². The molecule has 0 aliphatic carbocycles. The molecule has 10 heteroatoms. The molecule has 0 aromatic heterocycles. The summed E-state index contributed by atoms with van der Waals surface area (Å²) in [6.45, 7) is 0.157. The Morgan fingerprint density at radius 1 is 1.23 bits per heavy atom. The topological polar surface area (TPSA) is 102 Å². The molecule has 154 valence electrons.